The number of ether oxygens (including phenoxy) is 1. The minimum atomic E-state index is -3.89. The predicted molar refractivity (Wildman–Crippen MR) is 79.6 cm³/mol. The summed E-state index contributed by atoms with van der Waals surface area (Å²) in [6.07, 6.45) is -0.258. The number of carboxylic acids is 1. The maximum absolute atomic E-state index is 12.8. The molecule has 0 spiro atoms. The Morgan fingerprint density at radius 3 is 2.71 bits per heavy atom. The van der Waals surface area contributed by atoms with Crippen LogP contribution in [0, 0.1) is 6.92 Å². The maximum atomic E-state index is 12.8. The van der Waals surface area contributed by atoms with E-state index in [1.807, 2.05) is 0 Å². The van der Waals surface area contributed by atoms with Crippen molar-refractivity contribution in [1.82, 2.24) is 4.31 Å². The van der Waals surface area contributed by atoms with Crippen molar-refractivity contribution in [3.05, 3.63) is 28.2 Å². The first-order valence-electron chi connectivity index (χ1n) is 6.31. The molecule has 6 nitrogen and oxygen atoms in total. The molecule has 2 atom stereocenters. The zero-order valence-electron chi connectivity index (χ0n) is 11.6. The van der Waals surface area contributed by atoms with Crippen molar-refractivity contribution in [3.8, 4) is 0 Å². The van der Waals surface area contributed by atoms with E-state index in [-0.39, 0.29) is 17.9 Å². The van der Waals surface area contributed by atoms with Gasteiger partial charge in [-0.3, -0.25) is 4.79 Å². The Balaban J connectivity index is 2.47. The number of carbonyl (C=O) groups is 1. The van der Waals surface area contributed by atoms with E-state index in [2.05, 4.69) is 15.9 Å². The van der Waals surface area contributed by atoms with E-state index < -0.39 is 28.1 Å². The highest BCUT2D eigenvalue weighted by molar-refractivity contribution is 9.10. The zero-order chi connectivity index (χ0) is 15.8. The van der Waals surface area contributed by atoms with Crippen LogP contribution in [0.25, 0.3) is 0 Å². The molecule has 0 bridgehead atoms. The normalized spacial score (nSPS) is 23.4. The summed E-state index contributed by atoms with van der Waals surface area (Å²) in [5, 5.41) is 9.26. The van der Waals surface area contributed by atoms with Crippen LogP contribution in [-0.2, 0) is 19.6 Å². The third kappa shape index (κ3) is 3.13. The van der Waals surface area contributed by atoms with Crippen LogP contribution in [0.4, 0.5) is 0 Å². The monoisotopic (exact) mass is 377 g/mol. The number of sulfonamides is 1. The molecule has 0 amide bonds. The number of aryl methyl sites for hydroxylation is 1. The molecular weight excluding hydrogens is 362 g/mol. The molecule has 1 N–H and O–H groups in total. The van der Waals surface area contributed by atoms with Gasteiger partial charge in [0.25, 0.3) is 0 Å². The molecule has 0 radical (unpaired) electrons. The van der Waals surface area contributed by atoms with Gasteiger partial charge in [-0.05, 0) is 24.6 Å². The number of methoxy groups -OCH3 is 1. The summed E-state index contributed by atoms with van der Waals surface area (Å²) >= 11 is 3.24. The van der Waals surface area contributed by atoms with E-state index in [4.69, 9.17) is 4.74 Å². The third-order valence-electron chi connectivity index (χ3n) is 3.57. The largest absolute Gasteiger partial charge is 0.480 e. The van der Waals surface area contributed by atoms with Crippen molar-refractivity contribution in [1.29, 1.82) is 0 Å². The van der Waals surface area contributed by atoms with E-state index in [0.29, 0.717) is 10.0 Å². The number of nitrogens with zero attached hydrogens (tertiary/aromatic N) is 1. The standard InChI is InChI=1S/C13H16BrNO5S/c1-8-3-4-9(14)5-12(8)21(18,19)15-7-10(20-2)6-11(15)13(16)17/h3-5,10-11H,6-7H2,1-2H3,(H,16,17). The molecule has 0 aromatic heterocycles. The number of benzene rings is 1. The highest BCUT2D eigenvalue weighted by Crippen LogP contribution is 2.30. The third-order valence-corrected chi connectivity index (χ3v) is 6.08. The fourth-order valence-electron chi connectivity index (χ4n) is 2.41. The second-order valence-corrected chi connectivity index (χ2v) is 7.71. The summed E-state index contributed by atoms with van der Waals surface area (Å²) in [7, 11) is -2.44. The molecule has 116 valence electrons. The molecule has 1 aromatic rings. The van der Waals surface area contributed by atoms with E-state index in [9.17, 15) is 18.3 Å². The van der Waals surface area contributed by atoms with Crippen molar-refractivity contribution < 1.29 is 23.1 Å². The van der Waals surface area contributed by atoms with Gasteiger partial charge < -0.3 is 9.84 Å². The fourth-order valence-corrected chi connectivity index (χ4v) is 4.80. The molecule has 21 heavy (non-hydrogen) atoms. The van der Waals surface area contributed by atoms with Gasteiger partial charge in [0.15, 0.2) is 0 Å². The van der Waals surface area contributed by atoms with Crippen LogP contribution in [-0.4, -0.2) is 49.6 Å². The fraction of sp³-hybridized carbons (Fsp3) is 0.462. The number of rotatable bonds is 4. The molecule has 2 rings (SSSR count). The topological polar surface area (TPSA) is 83.9 Å². The van der Waals surface area contributed by atoms with Crippen molar-refractivity contribution in [3.63, 3.8) is 0 Å². The first kappa shape index (κ1) is 16.4. The van der Waals surface area contributed by atoms with Gasteiger partial charge in [-0.1, -0.05) is 22.0 Å². The predicted octanol–water partition coefficient (Wildman–Crippen LogP) is 1.62. The lowest BCUT2D eigenvalue weighted by molar-refractivity contribution is -0.140. The molecule has 8 heteroatoms. The Morgan fingerprint density at radius 2 is 2.14 bits per heavy atom. The Hall–Kier alpha value is -0.960. The number of hydrogen-bond donors (Lipinski definition) is 1. The Bertz CT molecular complexity index is 661. The number of carboxylic acid groups (broad SMARTS) is 1. The summed E-state index contributed by atoms with van der Waals surface area (Å²) in [6, 6.07) is 3.81. The van der Waals surface area contributed by atoms with Crippen LogP contribution in [0.15, 0.2) is 27.6 Å². The summed E-state index contributed by atoms with van der Waals surface area (Å²) in [4.78, 5) is 11.4. The average molecular weight is 378 g/mol. The number of halogens is 1. The van der Waals surface area contributed by atoms with Crippen LogP contribution in [0.5, 0.6) is 0 Å². The van der Waals surface area contributed by atoms with E-state index in [0.717, 1.165) is 4.31 Å². The summed E-state index contributed by atoms with van der Waals surface area (Å²) < 4.78 is 32.3. The molecule has 1 heterocycles. The lowest BCUT2D eigenvalue weighted by atomic mass is 10.2. The first-order valence-corrected chi connectivity index (χ1v) is 8.54. The molecule has 1 saturated heterocycles. The molecular formula is C13H16BrNO5S. The van der Waals surface area contributed by atoms with Crippen molar-refractivity contribution in [2.75, 3.05) is 13.7 Å². The van der Waals surface area contributed by atoms with Crippen molar-refractivity contribution >= 4 is 31.9 Å². The van der Waals surface area contributed by atoms with Gasteiger partial charge in [-0.15, -0.1) is 0 Å². The van der Waals surface area contributed by atoms with Crippen LogP contribution >= 0.6 is 15.9 Å². The second-order valence-electron chi connectivity index (χ2n) is 4.93. The summed E-state index contributed by atoms with van der Waals surface area (Å²) in [5.41, 5.74) is 0.572. The smallest absolute Gasteiger partial charge is 0.322 e. The van der Waals surface area contributed by atoms with E-state index >= 15 is 0 Å². The molecule has 1 aromatic carbocycles. The van der Waals surface area contributed by atoms with Crippen molar-refractivity contribution in [2.24, 2.45) is 0 Å². The highest BCUT2D eigenvalue weighted by Gasteiger charge is 2.44. The minimum absolute atomic E-state index is 0.0434. The summed E-state index contributed by atoms with van der Waals surface area (Å²) in [5.74, 6) is -1.16. The van der Waals surface area contributed by atoms with E-state index in [1.54, 1.807) is 19.1 Å². The van der Waals surface area contributed by atoms with Crippen LogP contribution in [0.3, 0.4) is 0 Å². The van der Waals surface area contributed by atoms with E-state index in [1.165, 1.54) is 13.2 Å². The number of hydrogen-bond acceptors (Lipinski definition) is 4. The van der Waals surface area contributed by atoms with Gasteiger partial charge in [-0.25, -0.2) is 8.42 Å². The van der Waals surface area contributed by atoms with Crippen LogP contribution in [0.1, 0.15) is 12.0 Å². The lowest BCUT2D eigenvalue weighted by Gasteiger charge is -2.22. The molecule has 1 aliphatic rings. The second kappa shape index (κ2) is 6.04. The van der Waals surface area contributed by atoms with Gasteiger partial charge in [0.2, 0.25) is 10.0 Å². The summed E-state index contributed by atoms with van der Waals surface area (Å²) in [6.45, 7) is 1.72. The van der Waals surface area contributed by atoms with Gasteiger partial charge in [0.05, 0.1) is 11.0 Å². The molecule has 2 unspecified atom stereocenters. The van der Waals surface area contributed by atoms with Crippen molar-refractivity contribution in [2.45, 2.75) is 30.4 Å². The molecule has 0 aliphatic carbocycles. The highest BCUT2D eigenvalue weighted by atomic mass is 79.9. The Labute approximate surface area is 131 Å². The Kier molecular flexibility index (Phi) is 4.72. The molecule has 0 saturated carbocycles. The minimum Gasteiger partial charge on any atom is -0.480 e. The maximum Gasteiger partial charge on any atom is 0.322 e. The lowest BCUT2D eigenvalue weighted by Crippen LogP contribution is -2.40. The number of aliphatic carboxylic acids is 1. The molecule has 1 fully saturated rings. The van der Waals surface area contributed by atoms with Crippen LogP contribution < -0.4 is 0 Å². The van der Waals surface area contributed by atoms with Gasteiger partial charge in [0.1, 0.15) is 6.04 Å². The van der Waals surface area contributed by atoms with Crippen LogP contribution in [0.2, 0.25) is 0 Å². The first-order chi connectivity index (χ1) is 9.77. The van der Waals surface area contributed by atoms with Gasteiger partial charge >= 0.3 is 5.97 Å². The van der Waals surface area contributed by atoms with Gasteiger partial charge in [-0.2, -0.15) is 4.31 Å². The van der Waals surface area contributed by atoms with Gasteiger partial charge in [0, 0.05) is 24.5 Å². The Morgan fingerprint density at radius 1 is 1.48 bits per heavy atom. The zero-order valence-corrected chi connectivity index (χ0v) is 14.0. The SMILES string of the molecule is COC1CC(C(=O)O)N(S(=O)(=O)c2cc(Br)ccc2C)C1. The average Bonchev–Trinajstić information content (AvgIpc) is 2.86. The molecule has 1 aliphatic heterocycles. The quantitative estimate of drug-likeness (QED) is 0.861.